The number of alkyl halides is 3. The molecule has 1 aromatic rings. The molecule has 1 aliphatic rings. The summed E-state index contributed by atoms with van der Waals surface area (Å²) in [6.45, 7) is 1.07. The van der Waals surface area contributed by atoms with E-state index in [1.807, 2.05) is 19.0 Å². The number of benzene rings is 1. The number of hydrogen-bond donors (Lipinski definition) is 1. The monoisotopic (exact) mass is 301 g/mol. The summed E-state index contributed by atoms with van der Waals surface area (Å²) < 4.78 is 38.6. The number of carbonyl (C=O) groups excluding carboxylic acids is 1. The van der Waals surface area contributed by atoms with Gasteiger partial charge in [-0.05, 0) is 32.6 Å². The molecular formula is C14H18F3N3O. The van der Waals surface area contributed by atoms with E-state index in [1.54, 1.807) is 0 Å². The standard InChI is InChI=1S/C14H18F3N3O/c1-19(2)10-7-8-20(9-10)13(21)18-12-6-4-3-5-11(12)14(15,16)17/h3-6,10H,7-9H2,1-2H3,(H,18,21). The van der Waals surface area contributed by atoms with Gasteiger partial charge in [-0.15, -0.1) is 0 Å². The lowest BCUT2D eigenvalue weighted by molar-refractivity contribution is -0.136. The second-order valence-corrected chi connectivity index (χ2v) is 5.33. The molecule has 0 radical (unpaired) electrons. The molecule has 0 saturated carbocycles. The fraction of sp³-hybridized carbons (Fsp3) is 0.500. The zero-order chi connectivity index (χ0) is 15.6. The number of anilines is 1. The normalized spacial score (nSPS) is 19.1. The molecule has 1 aromatic carbocycles. The third-order valence-electron chi connectivity index (χ3n) is 3.65. The Labute approximate surface area is 121 Å². The number of likely N-dealkylation sites (tertiary alicyclic amines) is 1. The van der Waals surface area contributed by atoms with Gasteiger partial charge >= 0.3 is 12.2 Å². The van der Waals surface area contributed by atoms with Gasteiger partial charge in [0.2, 0.25) is 0 Å². The van der Waals surface area contributed by atoms with Crippen LogP contribution >= 0.6 is 0 Å². The second-order valence-electron chi connectivity index (χ2n) is 5.33. The summed E-state index contributed by atoms with van der Waals surface area (Å²) in [7, 11) is 3.84. The highest BCUT2D eigenvalue weighted by Crippen LogP contribution is 2.34. The summed E-state index contributed by atoms with van der Waals surface area (Å²) in [5, 5.41) is 2.37. The number of para-hydroxylation sites is 1. The molecule has 116 valence electrons. The van der Waals surface area contributed by atoms with Crippen LogP contribution in [0.4, 0.5) is 23.7 Å². The molecule has 2 amide bonds. The van der Waals surface area contributed by atoms with Crippen LogP contribution in [0.1, 0.15) is 12.0 Å². The Hall–Kier alpha value is -1.76. The third-order valence-corrected chi connectivity index (χ3v) is 3.65. The number of nitrogens with one attached hydrogen (secondary N) is 1. The highest BCUT2D eigenvalue weighted by molar-refractivity contribution is 5.90. The van der Waals surface area contributed by atoms with E-state index < -0.39 is 17.8 Å². The van der Waals surface area contributed by atoms with E-state index in [0.717, 1.165) is 12.5 Å². The number of likely N-dealkylation sites (N-methyl/N-ethyl adjacent to an activating group) is 1. The predicted molar refractivity (Wildman–Crippen MR) is 74.1 cm³/mol. The molecule has 1 saturated heterocycles. The van der Waals surface area contributed by atoms with Crippen molar-refractivity contribution in [1.29, 1.82) is 0 Å². The van der Waals surface area contributed by atoms with Gasteiger partial charge in [0.15, 0.2) is 0 Å². The van der Waals surface area contributed by atoms with Crippen LogP contribution in [0.25, 0.3) is 0 Å². The average Bonchev–Trinajstić information content (AvgIpc) is 2.88. The van der Waals surface area contributed by atoms with Gasteiger partial charge in [0, 0.05) is 19.1 Å². The van der Waals surface area contributed by atoms with Crippen LogP contribution in [-0.2, 0) is 6.18 Å². The van der Waals surface area contributed by atoms with Crippen molar-refractivity contribution in [1.82, 2.24) is 9.80 Å². The molecule has 0 bridgehead atoms. The zero-order valence-electron chi connectivity index (χ0n) is 11.9. The average molecular weight is 301 g/mol. The van der Waals surface area contributed by atoms with E-state index in [4.69, 9.17) is 0 Å². The van der Waals surface area contributed by atoms with Crippen LogP contribution in [0, 0.1) is 0 Å². The highest BCUT2D eigenvalue weighted by atomic mass is 19.4. The Balaban J connectivity index is 2.08. The summed E-state index contributed by atoms with van der Waals surface area (Å²) in [5.74, 6) is 0. The number of rotatable bonds is 2. The van der Waals surface area contributed by atoms with E-state index in [0.29, 0.717) is 13.1 Å². The van der Waals surface area contributed by atoms with E-state index in [9.17, 15) is 18.0 Å². The summed E-state index contributed by atoms with van der Waals surface area (Å²) in [5.41, 5.74) is -1.04. The molecule has 2 rings (SSSR count). The smallest absolute Gasteiger partial charge is 0.323 e. The minimum atomic E-state index is -4.49. The van der Waals surface area contributed by atoms with Gasteiger partial charge in [0.1, 0.15) is 0 Å². The van der Waals surface area contributed by atoms with Crippen LogP contribution in [-0.4, -0.2) is 49.1 Å². The molecular weight excluding hydrogens is 283 g/mol. The van der Waals surface area contributed by atoms with Crippen molar-refractivity contribution < 1.29 is 18.0 Å². The van der Waals surface area contributed by atoms with Crippen LogP contribution in [0.2, 0.25) is 0 Å². The molecule has 0 aliphatic carbocycles. The molecule has 7 heteroatoms. The minimum absolute atomic E-state index is 0.205. The van der Waals surface area contributed by atoms with E-state index in [2.05, 4.69) is 5.32 Å². The second kappa shape index (κ2) is 5.93. The minimum Gasteiger partial charge on any atom is -0.323 e. The fourth-order valence-electron chi connectivity index (χ4n) is 2.38. The van der Waals surface area contributed by atoms with Crippen molar-refractivity contribution in [3.8, 4) is 0 Å². The molecule has 1 fully saturated rings. The van der Waals surface area contributed by atoms with Crippen LogP contribution in [0.5, 0.6) is 0 Å². The van der Waals surface area contributed by atoms with Crippen LogP contribution in [0.15, 0.2) is 24.3 Å². The maximum Gasteiger partial charge on any atom is 0.418 e. The lowest BCUT2D eigenvalue weighted by atomic mass is 10.1. The van der Waals surface area contributed by atoms with Gasteiger partial charge in [0.05, 0.1) is 11.3 Å². The Bertz CT molecular complexity index is 516. The molecule has 1 aliphatic heterocycles. The Morgan fingerprint density at radius 1 is 1.33 bits per heavy atom. The summed E-state index contributed by atoms with van der Waals surface area (Å²) in [4.78, 5) is 15.6. The summed E-state index contributed by atoms with van der Waals surface area (Å²) >= 11 is 0. The molecule has 0 spiro atoms. The topological polar surface area (TPSA) is 35.6 Å². The van der Waals surface area contributed by atoms with E-state index in [1.165, 1.54) is 23.1 Å². The van der Waals surface area contributed by atoms with Crippen molar-refractivity contribution in [2.45, 2.75) is 18.6 Å². The summed E-state index contributed by atoms with van der Waals surface area (Å²) in [6, 6.07) is 4.75. The van der Waals surface area contributed by atoms with Crippen LogP contribution in [0.3, 0.4) is 0 Å². The van der Waals surface area contributed by atoms with Crippen molar-refractivity contribution in [2.75, 3.05) is 32.5 Å². The Morgan fingerprint density at radius 3 is 2.57 bits per heavy atom. The molecule has 1 heterocycles. The first kappa shape index (κ1) is 15.6. The van der Waals surface area contributed by atoms with E-state index >= 15 is 0 Å². The molecule has 1 atom stereocenters. The first-order chi connectivity index (χ1) is 9.79. The number of halogens is 3. The number of hydrogen-bond acceptors (Lipinski definition) is 2. The van der Waals surface area contributed by atoms with Crippen molar-refractivity contribution >= 4 is 11.7 Å². The molecule has 1 unspecified atom stereocenters. The SMILES string of the molecule is CN(C)C1CCN(C(=O)Nc2ccccc2C(F)(F)F)C1. The van der Waals surface area contributed by atoms with Crippen molar-refractivity contribution in [3.63, 3.8) is 0 Å². The largest absolute Gasteiger partial charge is 0.418 e. The quantitative estimate of drug-likeness (QED) is 0.911. The van der Waals surface area contributed by atoms with Crippen LogP contribution < -0.4 is 5.32 Å². The fourth-order valence-corrected chi connectivity index (χ4v) is 2.38. The van der Waals surface area contributed by atoms with Gasteiger partial charge in [-0.3, -0.25) is 0 Å². The van der Waals surface area contributed by atoms with Gasteiger partial charge in [0.25, 0.3) is 0 Å². The maximum atomic E-state index is 12.9. The number of nitrogens with zero attached hydrogens (tertiary/aromatic N) is 2. The number of urea groups is 1. The van der Waals surface area contributed by atoms with Gasteiger partial charge in [-0.25, -0.2) is 4.79 Å². The molecule has 0 aromatic heterocycles. The lowest BCUT2D eigenvalue weighted by Gasteiger charge is -2.21. The zero-order valence-corrected chi connectivity index (χ0v) is 11.9. The molecule has 1 N–H and O–H groups in total. The first-order valence-corrected chi connectivity index (χ1v) is 6.67. The van der Waals surface area contributed by atoms with Gasteiger partial charge in [-0.1, -0.05) is 12.1 Å². The molecule has 4 nitrogen and oxygen atoms in total. The van der Waals surface area contributed by atoms with Gasteiger partial charge < -0.3 is 15.1 Å². The Kier molecular flexibility index (Phi) is 4.41. The lowest BCUT2D eigenvalue weighted by Crippen LogP contribution is -2.37. The number of amides is 2. The Morgan fingerprint density at radius 2 is 2.00 bits per heavy atom. The van der Waals surface area contributed by atoms with Crippen molar-refractivity contribution in [2.24, 2.45) is 0 Å². The third kappa shape index (κ3) is 3.66. The molecule has 21 heavy (non-hydrogen) atoms. The summed E-state index contributed by atoms with van der Waals surface area (Å²) in [6.07, 6.45) is -3.66. The maximum absolute atomic E-state index is 12.9. The van der Waals surface area contributed by atoms with Crippen molar-refractivity contribution in [3.05, 3.63) is 29.8 Å². The highest BCUT2D eigenvalue weighted by Gasteiger charge is 2.34. The predicted octanol–water partition coefficient (Wildman–Crippen LogP) is 2.87. The first-order valence-electron chi connectivity index (χ1n) is 6.67. The van der Waals surface area contributed by atoms with Gasteiger partial charge in [-0.2, -0.15) is 13.2 Å². The van der Waals surface area contributed by atoms with E-state index in [-0.39, 0.29) is 11.7 Å². The number of carbonyl (C=O) groups is 1.